The lowest BCUT2D eigenvalue weighted by Crippen LogP contribution is -2.27. The minimum Gasteiger partial charge on any atom is -0.298 e. The first kappa shape index (κ1) is 9.95. The molecular weight excluding hydrogens is 172 g/mol. The number of carbonyl (C=O) groups excluding carboxylic acids is 1. The first-order valence-electron chi connectivity index (χ1n) is 5.54. The molecule has 1 saturated carbocycles. The van der Waals surface area contributed by atoms with E-state index >= 15 is 0 Å². The van der Waals surface area contributed by atoms with Crippen molar-refractivity contribution in [2.45, 2.75) is 47.5 Å². The predicted molar refractivity (Wildman–Crippen MR) is 58.0 cm³/mol. The number of allylic oxidation sites excluding steroid dienone is 2. The van der Waals surface area contributed by atoms with Crippen LogP contribution in [0, 0.1) is 16.2 Å². The van der Waals surface area contributed by atoms with E-state index in [2.05, 4.69) is 34.6 Å². The van der Waals surface area contributed by atoms with Gasteiger partial charge < -0.3 is 0 Å². The summed E-state index contributed by atoms with van der Waals surface area (Å²) in [5, 5.41) is 0. The Hall–Kier alpha value is -0.590. The molecule has 0 saturated heterocycles. The molecular formula is C13H20O. The minimum atomic E-state index is 0.119. The molecule has 0 bridgehead atoms. The Morgan fingerprint density at radius 3 is 2.29 bits per heavy atom. The number of aldehydes is 1. The minimum absolute atomic E-state index is 0.119. The van der Waals surface area contributed by atoms with Gasteiger partial charge in [-0.25, -0.2) is 0 Å². The van der Waals surface area contributed by atoms with Gasteiger partial charge in [0.15, 0.2) is 0 Å². The lowest BCUT2D eigenvalue weighted by molar-refractivity contribution is -0.106. The molecule has 0 aromatic heterocycles. The zero-order valence-corrected chi connectivity index (χ0v) is 9.90. The van der Waals surface area contributed by atoms with Crippen LogP contribution in [-0.2, 0) is 4.79 Å². The second-order valence-electron chi connectivity index (χ2n) is 5.68. The average Bonchev–Trinajstić information content (AvgIpc) is 2.69. The van der Waals surface area contributed by atoms with Crippen molar-refractivity contribution in [3.8, 4) is 0 Å². The van der Waals surface area contributed by atoms with Crippen LogP contribution in [0.4, 0.5) is 0 Å². The number of carbonyl (C=O) groups is 1. The Morgan fingerprint density at radius 1 is 1.36 bits per heavy atom. The van der Waals surface area contributed by atoms with Crippen LogP contribution in [0.2, 0.25) is 0 Å². The average molecular weight is 192 g/mol. The molecule has 1 heteroatoms. The number of hydrogen-bond donors (Lipinski definition) is 0. The van der Waals surface area contributed by atoms with Crippen LogP contribution >= 0.6 is 0 Å². The van der Waals surface area contributed by atoms with Gasteiger partial charge in [-0.3, -0.25) is 4.79 Å². The van der Waals surface area contributed by atoms with Crippen molar-refractivity contribution in [1.29, 1.82) is 0 Å². The Bertz CT molecular complexity index is 341. The van der Waals surface area contributed by atoms with Crippen LogP contribution in [0.5, 0.6) is 0 Å². The third-order valence-electron chi connectivity index (χ3n) is 5.67. The molecule has 2 rings (SSSR count). The zero-order chi connectivity index (χ0) is 10.8. The lowest BCUT2D eigenvalue weighted by atomic mass is 9.70. The van der Waals surface area contributed by atoms with E-state index in [4.69, 9.17) is 0 Å². The Kier molecular flexibility index (Phi) is 1.65. The highest BCUT2D eigenvalue weighted by Crippen LogP contribution is 2.81. The van der Waals surface area contributed by atoms with Gasteiger partial charge in [-0.15, -0.1) is 0 Å². The monoisotopic (exact) mass is 192 g/mol. The molecule has 1 fully saturated rings. The van der Waals surface area contributed by atoms with E-state index < -0.39 is 0 Å². The third kappa shape index (κ3) is 0.687. The van der Waals surface area contributed by atoms with Gasteiger partial charge >= 0.3 is 0 Å². The van der Waals surface area contributed by atoms with Crippen molar-refractivity contribution in [3.05, 3.63) is 11.1 Å². The van der Waals surface area contributed by atoms with Gasteiger partial charge in [-0.2, -0.15) is 0 Å². The van der Waals surface area contributed by atoms with Gasteiger partial charge in [0.25, 0.3) is 0 Å². The fourth-order valence-corrected chi connectivity index (χ4v) is 3.82. The normalized spacial score (nSPS) is 50.6. The van der Waals surface area contributed by atoms with E-state index in [1.54, 1.807) is 0 Å². The van der Waals surface area contributed by atoms with E-state index in [0.717, 1.165) is 18.3 Å². The first-order valence-corrected chi connectivity index (χ1v) is 5.54. The summed E-state index contributed by atoms with van der Waals surface area (Å²) in [7, 11) is 0. The van der Waals surface area contributed by atoms with Crippen LogP contribution in [0.1, 0.15) is 47.5 Å². The topological polar surface area (TPSA) is 17.1 Å². The molecule has 0 unspecified atom stereocenters. The third-order valence-corrected chi connectivity index (χ3v) is 5.67. The van der Waals surface area contributed by atoms with Crippen LogP contribution in [-0.4, -0.2) is 6.29 Å². The molecule has 2 aliphatic carbocycles. The summed E-state index contributed by atoms with van der Waals surface area (Å²) in [5.74, 6) is 0. The lowest BCUT2D eigenvalue weighted by Gasteiger charge is -2.33. The van der Waals surface area contributed by atoms with Gasteiger partial charge in [0.2, 0.25) is 0 Å². The van der Waals surface area contributed by atoms with E-state index in [-0.39, 0.29) is 5.41 Å². The summed E-state index contributed by atoms with van der Waals surface area (Å²) < 4.78 is 0. The molecule has 0 aromatic carbocycles. The maximum atomic E-state index is 11.2. The molecule has 1 nitrogen and oxygen atoms in total. The molecule has 3 atom stereocenters. The number of rotatable bonds is 2. The van der Waals surface area contributed by atoms with Crippen molar-refractivity contribution < 1.29 is 4.79 Å². The highest BCUT2D eigenvalue weighted by Gasteiger charge is 2.74. The number of hydrogen-bond acceptors (Lipinski definition) is 1. The maximum Gasteiger partial charge on any atom is 0.146 e. The highest BCUT2D eigenvalue weighted by molar-refractivity contribution is 5.80. The van der Waals surface area contributed by atoms with Gasteiger partial charge in [-0.1, -0.05) is 33.3 Å². The molecule has 2 aliphatic rings. The summed E-state index contributed by atoms with van der Waals surface area (Å²) in [6.07, 6.45) is 3.43. The fraction of sp³-hybridized carbons (Fsp3) is 0.769. The Labute approximate surface area is 86.6 Å². The van der Waals surface area contributed by atoms with Crippen molar-refractivity contribution in [2.75, 3.05) is 0 Å². The Morgan fingerprint density at radius 2 is 1.93 bits per heavy atom. The highest BCUT2D eigenvalue weighted by atomic mass is 16.1. The van der Waals surface area contributed by atoms with Gasteiger partial charge in [0.1, 0.15) is 6.29 Å². The smallest absolute Gasteiger partial charge is 0.146 e. The van der Waals surface area contributed by atoms with Gasteiger partial charge in [-0.05, 0) is 36.2 Å². The van der Waals surface area contributed by atoms with E-state index in [1.165, 1.54) is 12.0 Å². The predicted octanol–water partition coefficient (Wildman–Crippen LogP) is 3.35. The summed E-state index contributed by atoms with van der Waals surface area (Å²) >= 11 is 0. The van der Waals surface area contributed by atoms with E-state index in [0.29, 0.717) is 10.8 Å². The van der Waals surface area contributed by atoms with E-state index in [9.17, 15) is 4.79 Å². The SMILES string of the molecule is CC[C@@]1(C)C(C=O)=C(C)[C@]2(C)C[C@@]21C. The molecule has 0 spiro atoms. The quantitative estimate of drug-likeness (QED) is 0.613. The summed E-state index contributed by atoms with van der Waals surface area (Å²) in [5.41, 5.74) is 3.20. The Balaban J connectivity index is 2.60. The standard InChI is InChI=1S/C13H20O/c1-6-11(3)10(7-14)9(2)12(4)8-13(11,12)5/h7H,6,8H2,1-5H3/t11-,12-,13+/m0/s1. The van der Waals surface area contributed by atoms with Crippen molar-refractivity contribution >= 4 is 6.29 Å². The second kappa shape index (κ2) is 2.32. The molecule has 0 radical (unpaired) electrons. The summed E-state index contributed by atoms with van der Waals surface area (Å²) in [6.45, 7) is 11.3. The van der Waals surface area contributed by atoms with Crippen LogP contribution in [0.3, 0.4) is 0 Å². The van der Waals surface area contributed by atoms with Crippen molar-refractivity contribution in [3.63, 3.8) is 0 Å². The van der Waals surface area contributed by atoms with E-state index in [1.807, 2.05) is 0 Å². The molecule has 0 heterocycles. The van der Waals surface area contributed by atoms with Crippen molar-refractivity contribution in [1.82, 2.24) is 0 Å². The van der Waals surface area contributed by atoms with Gasteiger partial charge in [0.05, 0.1) is 0 Å². The number of fused-ring (bicyclic) bond motifs is 1. The van der Waals surface area contributed by atoms with Crippen LogP contribution < -0.4 is 0 Å². The van der Waals surface area contributed by atoms with Crippen LogP contribution in [0.25, 0.3) is 0 Å². The molecule has 14 heavy (non-hydrogen) atoms. The fourth-order valence-electron chi connectivity index (χ4n) is 3.82. The largest absolute Gasteiger partial charge is 0.298 e. The molecule has 0 amide bonds. The molecule has 0 aromatic rings. The van der Waals surface area contributed by atoms with Gasteiger partial charge in [0, 0.05) is 5.41 Å². The molecule has 0 N–H and O–H groups in total. The van der Waals surface area contributed by atoms with Crippen molar-refractivity contribution in [2.24, 2.45) is 16.2 Å². The summed E-state index contributed by atoms with van der Waals surface area (Å²) in [4.78, 5) is 11.2. The maximum absolute atomic E-state index is 11.2. The zero-order valence-electron chi connectivity index (χ0n) is 9.90. The second-order valence-corrected chi connectivity index (χ2v) is 5.68. The molecule has 78 valence electrons. The summed E-state index contributed by atoms with van der Waals surface area (Å²) in [6, 6.07) is 0. The van der Waals surface area contributed by atoms with Crippen LogP contribution in [0.15, 0.2) is 11.1 Å². The first-order chi connectivity index (χ1) is 6.37. The molecule has 0 aliphatic heterocycles.